The Balaban J connectivity index is 2.12. The highest BCUT2D eigenvalue weighted by Crippen LogP contribution is 2.23. The molecule has 0 saturated carbocycles. The van der Waals surface area contributed by atoms with E-state index in [1.54, 1.807) is 0 Å². The van der Waals surface area contributed by atoms with E-state index >= 15 is 0 Å². The van der Waals surface area contributed by atoms with Gasteiger partial charge < -0.3 is 15.6 Å². The average Bonchev–Trinajstić information content (AvgIpc) is 2.36. The summed E-state index contributed by atoms with van der Waals surface area (Å²) in [5, 5.41) is 8.79. The number of benzene rings is 2. The summed E-state index contributed by atoms with van der Waals surface area (Å²) in [5.41, 5.74) is 6.13. The molecule has 0 unspecified atom stereocenters. The molecular formula is C14H11F2NO3. The first-order valence-electron chi connectivity index (χ1n) is 5.66. The molecular weight excluding hydrogens is 268 g/mol. The van der Waals surface area contributed by atoms with E-state index in [2.05, 4.69) is 0 Å². The van der Waals surface area contributed by atoms with Crippen molar-refractivity contribution in [1.29, 1.82) is 0 Å². The van der Waals surface area contributed by atoms with Crippen molar-refractivity contribution in [3.8, 4) is 5.75 Å². The quantitative estimate of drug-likeness (QED) is 0.844. The molecule has 2 aromatic rings. The van der Waals surface area contributed by atoms with Crippen LogP contribution in [-0.4, -0.2) is 11.1 Å². The molecule has 3 N–H and O–H groups in total. The van der Waals surface area contributed by atoms with E-state index < -0.39 is 17.6 Å². The minimum Gasteiger partial charge on any atom is -0.487 e. The highest BCUT2D eigenvalue weighted by atomic mass is 19.1. The Bertz CT molecular complexity index is 639. The molecule has 0 fully saturated rings. The zero-order valence-corrected chi connectivity index (χ0v) is 10.3. The third kappa shape index (κ3) is 3.23. The maximum atomic E-state index is 13.0. The lowest BCUT2D eigenvalue weighted by atomic mass is 10.2. The van der Waals surface area contributed by atoms with Gasteiger partial charge in [0.1, 0.15) is 24.0 Å². The molecule has 104 valence electrons. The Kier molecular flexibility index (Phi) is 3.84. The van der Waals surface area contributed by atoms with Crippen LogP contribution < -0.4 is 10.5 Å². The van der Waals surface area contributed by atoms with E-state index in [1.807, 2.05) is 0 Å². The van der Waals surface area contributed by atoms with Gasteiger partial charge in [0.25, 0.3) is 0 Å². The smallest absolute Gasteiger partial charge is 0.335 e. The molecule has 20 heavy (non-hydrogen) atoms. The van der Waals surface area contributed by atoms with Crippen molar-refractivity contribution in [3.63, 3.8) is 0 Å². The molecule has 0 radical (unpaired) electrons. The number of nitrogen functional groups attached to an aromatic ring is 1. The molecule has 0 heterocycles. The van der Waals surface area contributed by atoms with E-state index in [0.29, 0.717) is 5.56 Å². The predicted octanol–water partition coefficient (Wildman–Crippen LogP) is 2.82. The normalized spacial score (nSPS) is 10.3. The van der Waals surface area contributed by atoms with Crippen LogP contribution in [0.25, 0.3) is 0 Å². The minimum atomic E-state index is -1.10. The Labute approximate surface area is 113 Å². The number of carboxylic acids is 1. The standard InChI is InChI=1S/C14H11F2NO3/c15-10-3-8(4-11(16)6-10)7-20-13-2-1-9(14(18)19)5-12(13)17/h1-6H,7,17H2,(H,18,19). The third-order valence-corrected chi connectivity index (χ3v) is 2.57. The van der Waals surface area contributed by atoms with Crippen molar-refractivity contribution in [3.05, 3.63) is 59.2 Å². The van der Waals surface area contributed by atoms with Crippen LogP contribution in [0.2, 0.25) is 0 Å². The van der Waals surface area contributed by atoms with Gasteiger partial charge in [0.15, 0.2) is 0 Å². The number of aromatic carboxylic acids is 1. The highest BCUT2D eigenvalue weighted by molar-refractivity contribution is 5.89. The van der Waals surface area contributed by atoms with Crippen LogP contribution in [0.15, 0.2) is 36.4 Å². The molecule has 0 atom stereocenters. The number of hydrogen-bond donors (Lipinski definition) is 2. The summed E-state index contributed by atoms with van der Waals surface area (Å²) in [6.45, 7) is -0.0781. The first-order valence-corrected chi connectivity index (χ1v) is 5.66. The van der Waals surface area contributed by atoms with Gasteiger partial charge >= 0.3 is 5.97 Å². The van der Waals surface area contributed by atoms with Crippen LogP contribution in [0.4, 0.5) is 14.5 Å². The first-order chi connectivity index (χ1) is 9.45. The maximum Gasteiger partial charge on any atom is 0.335 e. The molecule has 2 rings (SSSR count). The van der Waals surface area contributed by atoms with Crippen LogP contribution in [0.3, 0.4) is 0 Å². The summed E-state index contributed by atoms with van der Waals surface area (Å²) < 4.78 is 31.3. The summed E-state index contributed by atoms with van der Waals surface area (Å²) in [7, 11) is 0. The monoisotopic (exact) mass is 279 g/mol. The fraction of sp³-hybridized carbons (Fsp3) is 0.0714. The van der Waals surface area contributed by atoms with Gasteiger partial charge in [0.05, 0.1) is 11.3 Å². The highest BCUT2D eigenvalue weighted by Gasteiger charge is 2.08. The van der Waals surface area contributed by atoms with Crippen molar-refractivity contribution < 1.29 is 23.4 Å². The minimum absolute atomic E-state index is 0.0339. The van der Waals surface area contributed by atoms with Crippen LogP contribution in [-0.2, 0) is 6.61 Å². The topological polar surface area (TPSA) is 72.6 Å². The zero-order valence-electron chi connectivity index (χ0n) is 10.3. The molecule has 0 amide bonds. The lowest BCUT2D eigenvalue weighted by Gasteiger charge is -2.09. The predicted molar refractivity (Wildman–Crippen MR) is 68.5 cm³/mol. The second-order valence-electron chi connectivity index (χ2n) is 4.12. The van der Waals surface area contributed by atoms with Crippen LogP contribution >= 0.6 is 0 Å². The van der Waals surface area contributed by atoms with Gasteiger partial charge in [-0.15, -0.1) is 0 Å². The van der Waals surface area contributed by atoms with Gasteiger partial charge in [-0.3, -0.25) is 0 Å². The molecule has 0 aliphatic carbocycles. The molecule has 2 aromatic carbocycles. The first kappa shape index (κ1) is 13.8. The summed E-state index contributed by atoms with van der Waals surface area (Å²) >= 11 is 0. The fourth-order valence-electron chi connectivity index (χ4n) is 1.67. The number of nitrogens with two attached hydrogens (primary N) is 1. The molecule has 0 aliphatic rings. The van der Waals surface area contributed by atoms with Crippen molar-refractivity contribution >= 4 is 11.7 Å². The number of carboxylic acid groups (broad SMARTS) is 1. The number of carbonyl (C=O) groups is 1. The van der Waals surface area contributed by atoms with Gasteiger partial charge in [-0.1, -0.05) is 0 Å². The van der Waals surface area contributed by atoms with Gasteiger partial charge in [-0.25, -0.2) is 13.6 Å². The van der Waals surface area contributed by atoms with Gasteiger partial charge in [0.2, 0.25) is 0 Å². The number of rotatable bonds is 4. The Morgan fingerprint density at radius 3 is 2.35 bits per heavy atom. The molecule has 0 bridgehead atoms. The Morgan fingerprint density at radius 2 is 1.80 bits per heavy atom. The third-order valence-electron chi connectivity index (χ3n) is 2.57. The second kappa shape index (κ2) is 5.56. The van der Waals surface area contributed by atoms with Crippen molar-refractivity contribution in [2.75, 3.05) is 5.73 Å². The average molecular weight is 279 g/mol. The number of hydrogen-bond acceptors (Lipinski definition) is 3. The summed E-state index contributed by atoms with van der Waals surface area (Å²) in [6.07, 6.45) is 0. The van der Waals surface area contributed by atoms with E-state index in [4.69, 9.17) is 15.6 Å². The van der Waals surface area contributed by atoms with Crippen molar-refractivity contribution in [2.45, 2.75) is 6.61 Å². The maximum absolute atomic E-state index is 13.0. The molecule has 0 aliphatic heterocycles. The second-order valence-corrected chi connectivity index (χ2v) is 4.12. The lowest BCUT2D eigenvalue weighted by molar-refractivity contribution is 0.0697. The molecule has 6 heteroatoms. The SMILES string of the molecule is Nc1cc(C(=O)O)ccc1OCc1cc(F)cc(F)c1. The van der Waals surface area contributed by atoms with E-state index in [0.717, 1.165) is 18.2 Å². The molecule has 0 saturated heterocycles. The number of ether oxygens (including phenoxy) is 1. The number of halogens is 2. The Morgan fingerprint density at radius 1 is 1.15 bits per heavy atom. The number of anilines is 1. The van der Waals surface area contributed by atoms with E-state index in [9.17, 15) is 13.6 Å². The largest absolute Gasteiger partial charge is 0.487 e. The van der Waals surface area contributed by atoms with Crippen LogP contribution in [0.5, 0.6) is 5.75 Å². The van der Waals surface area contributed by atoms with Gasteiger partial charge in [-0.2, -0.15) is 0 Å². The molecule has 0 aromatic heterocycles. The fourth-order valence-corrected chi connectivity index (χ4v) is 1.67. The van der Waals surface area contributed by atoms with Crippen LogP contribution in [0, 0.1) is 11.6 Å². The summed E-state index contributed by atoms with van der Waals surface area (Å²) in [6, 6.07) is 7.04. The molecule has 0 spiro atoms. The van der Waals surface area contributed by atoms with E-state index in [-0.39, 0.29) is 23.6 Å². The van der Waals surface area contributed by atoms with E-state index in [1.165, 1.54) is 18.2 Å². The lowest BCUT2D eigenvalue weighted by Crippen LogP contribution is -2.02. The summed E-state index contributed by atoms with van der Waals surface area (Å²) in [5.74, 6) is -2.24. The zero-order chi connectivity index (χ0) is 14.7. The molecule has 4 nitrogen and oxygen atoms in total. The summed E-state index contributed by atoms with van der Waals surface area (Å²) in [4.78, 5) is 10.7. The van der Waals surface area contributed by atoms with Crippen molar-refractivity contribution in [2.24, 2.45) is 0 Å². The Hall–Kier alpha value is -2.63. The van der Waals surface area contributed by atoms with Crippen LogP contribution in [0.1, 0.15) is 15.9 Å². The van der Waals surface area contributed by atoms with Crippen molar-refractivity contribution in [1.82, 2.24) is 0 Å². The van der Waals surface area contributed by atoms with Gasteiger partial charge in [-0.05, 0) is 35.9 Å². The van der Waals surface area contributed by atoms with Gasteiger partial charge in [0, 0.05) is 6.07 Å².